The second-order valence-electron chi connectivity index (χ2n) is 5.85. The molecule has 0 bridgehead atoms. The van der Waals surface area contributed by atoms with Gasteiger partial charge in [-0.1, -0.05) is 18.2 Å². The van der Waals surface area contributed by atoms with Gasteiger partial charge in [0.25, 0.3) is 0 Å². The molecule has 0 saturated carbocycles. The van der Waals surface area contributed by atoms with E-state index in [4.69, 9.17) is 15.2 Å². The van der Waals surface area contributed by atoms with Gasteiger partial charge in [-0.25, -0.2) is 0 Å². The van der Waals surface area contributed by atoms with E-state index in [2.05, 4.69) is 5.32 Å². The maximum absolute atomic E-state index is 10.9. The normalized spacial score (nSPS) is 10.5. The molecule has 0 atom stereocenters. The SMILES string of the molecule is COc1cc(CNc2ccc(CC(N)=O)cc2)ccc1OC(C)C. The average molecular weight is 328 g/mol. The Morgan fingerprint density at radius 3 is 2.33 bits per heavy atom. The Morgan fingerprint density at radius 2 is 1.75 bits per heavy atom. The number of ether oxygens (including phenoxy) is 2. The number of hydrogen-bond acceptors (Lipinski definition) is 4. The zero-order valence-corrected chi connectivity index (χ0v) is 14.3. The molecule has 0 spiro atoms. The summed E-state index contributed by atoms with van der Waals surface area (Å²) in [7, 11) is 1.64. The molecule has 0 aliphatic heterocycles. The monoisotopic (exact) mass is 328 g/mol. The summed E-state index contributed by atoms with van der Waals surface area (Å²) in [5.74, 6) is 1.14. The van der Waals surface area contributed by atoms with Gasteiger partial charge < -0.3 is 20.5 Å². The lowest BCUT2D eigenvalue weighted by Gasteiger charge is -2.15. The standard InChI is InChI=1S/C19H24N2O3/c1-13(2)24-17-9-6-15(10-18(17)23-3)12-21-16-7-4-14(5-8-16)11-19(20)22/h4-10,13,21H,11-12H2,1-3H3,(H2,20,22). The fourth-order valence-corrected chi connectivity index (χ4v) is 2.32. The van der Waals surface area contributed by atoms with Crippen LogP contribution in [0, 0.1) is 0 Å². The molecule has 2 rings (SSSR count). The van der Waals surface area contributed by atoms with Gasteiger partial charge in [-0.3, -0.25) is 4.79 Å². The van der Waals surface area contributed by atoms with Gasteiger partial charge in [0.05, 0.1) is 19.6 Å². The van der Waals surface area contributed by atoms with Crippen molar-refractivity contribution < 1.29 is 14.3 Å². The molecule has 0 radical (unpaired) electrons. The Hall–Kier alpha value is -2.69. The summed E-state index contributed by atoms with van der Waals surface area (Å²) in [5, 5.41) is 3.34. The van der Waals surface area contributed by atoms with Crippen molar-refractivity contribution in [2.24, 2.45) is 5.73 Å². The van der Waals surface area contributed by atoms with Crippen molar-refractivity contribution >= 4 is 11.6 Å². The van der Waals surface area contributed by atoms with Gasteiger partial charge in [-0.05, 0) is 49.2 Å². The van der Waals surface area contributed by atoms with E-state index < -0.39 is 0 Å². The first-order valence-electron chi connectivity index (χ1n) is 7.92. The predicted molar refractivity (Wildman–Crippen MR) is 95.4 cm³/mol. The minimum Gasteiger partial charge on any atom is -0.493 e. The molecule has 1 amide bonds. The van der Waals surface area contributed by atoms with E-state index in [0.29, 0.717) is 6.54 Å². The number of benzene rings is 2. The van der Waals surface area contributed by atoms with Crippen molar-refractivity contribution in [1.82, 2.24) is 0 Å². The van der Waals surface area contributed by atoms with Gasteiger partial charge in [-0.15, -0.1) is 0 Å². The van der Waals surface area contributed by atoms with Crippen LogP contribution in [0.2, 0.25) is 0 Å². The predicted octanol–water partition coefficient (Wildman–Crippen LogP) is 3.12. The van der Waals surface area contributed by atoms with E-state index in [0.717, 1.165) is 28.3 Å². The molecule has 0 unspecified atom stereocenters. The van der Waals surface area contributed by atoms with E-state index in [-0.39, 0.29) is 18.4 Å². The minimum absolute atomic E-state index is 0.0989. The molecule has 5 nitrogen and oxygen atoms in total. The summed E-state index contributed by atoms with van der Waals surface area (Å²) in [5.41, 5.74) is 8.16. The number of rotatable bonds is 8. The fourth-order valence-electron chi connectivity index (χ4n) is 2.32. The van der Waals surface area contributed by atoms with Crippen LogP contribution in [-0.4, -0.2) is 19.1 Å². The molecule has 2 aromatic carbocycles. The molecule has 24 heavy (non-hydrogen) atoms. The third-order valence-corrected chi connectivity index (χ3v) is 3.42. The summed E-state index contributed by atoms with van der Waals surface area (Å²) in [4.78, 5) is 10.9. The fraction of sp³-hybridized carbons (Fsp3) is 0.316. The molecule has 0 aromatic heterocycles. The van der Waals surface area contributed by atoms with Gasteiger partial charge in [0, 0.05) is 12.2 Å². The molecule has 0 fully saturated rings. The lowest BCUT2D eigenvalue weighted by atomic mass is 10.1. The largest absolute Gasteiger partial charge is 0.493 e. The van der Waals surface area contributed by atoms with Gasteiger partial charge in [0.1, 0.15) is 0 Å². The van der Waals surface area contributed by atoms with Crippen LogP contribution in [0.5, 0.6) is 11.5 Å². The van der Waals surface area contributed by atoms with Crippen LogP contribution in [0.25, 0.3) is 0 Å². The Labute approximate surface area is 142 Å². The minimum atomic E-state index is -0.327. The van der Waals surface area contributed by atoms with Crippen molar-refractivity contribution in [3.8, 4) is 11.5 Å². The maximum Gasteiger partial charge on any atom is 0.221 e. The van der Waals surface area contributed by atoms with Crippen LogP contribution < -0.4 is 20.5 Å². The van der Waals surface area contributed by atoms with Gasteiger partial charge in [0.15, 0.2) is 11.5 Å². The van der Waals surface area contributed by atoms with Crippen molar-refractivity contribution in [3.05, 3.63) is 53.6 Å². The summed E-state index contributed by atoms with van der Waals surface area (Å²) < 4.78 is 11.1. The van der Waals surface area contributed by atoms with Gasteiger partial charge >= 0.3 is 0 Å². The Balaban J connectivity index is 1.99. The molecule has 0 aliphatic rings. The smallest absolute Gasteiger partial charge is 0.221 e. The summed E-state index contributed by atoms with van der Waals surface area (Å²) >= 11 is 0. The number of amides is 1. The second-order valence-corrected chi connectivity index (χ2v) is 5.85. The Kier molecular flexibility index (Phi) is 6.07. The third kappa shape index (κ3) is 5.19. The van der Waals surface area contributed by atoms with Gasteiger partial charge in [0.2, 0.25) is 5.91 Å². The Morgan fingerprint density at radius 1 is 1.08 bits per heavy atom. The zero-order valence-electron chi connectivity index (χ0n) is 14.3. The van der Waals surface area contributed by atoms with Crippen LogP contribution in [0.4, 0.5) is 5.69 Å². The number of carbonyl (C=O) groups excluding carboxylic acids is 1. The molecular formula is C19H24N2O3. The number of hydrogen-bond donors (Lipinski definition) is 2. The van der Waals surface area contributed by atoms with Crippen LogP contribution in [0.1, 0.15) is 25.0 Å². The van der Waals surface area contributed by atoms with Crippen LogP contribution >= 0.6 is 0 Å². The van der Waals surface area contributed by atoms with E-state index >= 15 is 0 Å². The summed E-state index contributed by atoms with van der Waals surface area (Å²) in [6.07, 6.45) is 0.358. The van der Waals surface area contributed by atoms with E-state index in [1.54, 1.807) is 7.11 Å². The lowest BCUT2D eigenvalue weighted by molar-refractivity contribution is -0.117. The first-order valence-corrected chi connectivity index (χ1v) is 7.92. The molecule has 0 saturated heterocycles. The van der Waals surface area contributed by atoms with Crippen LogP contribution in [0.3, 0.4) is 0 Å². The highest BCUT2D eigenvalue weighted by Gasteiger charge is 2.07. The number of methoxy groups -OCH3 is 1. The van der Waals surface area contributed by atoms with E-state index in [1.807, 2.05) is 56.3 Å². The molecular weight excluding hydrogens is 304 g/mol. The molecule has 2 aromatic rings. The van der Waals surface area contributed by atoms with Crippen molar-refractivity contribution in [1.29, 1.82) is 0 Å². The molecule has 128 valence electrons. The highest BCUT2D eigenvalue weighted by atomic mass is 16.5. The van der Waals surface area contributed by atoms with Crippen LogP contribution in [-0.2, 0) is 17.8 Å². The molecule has 5 heteroatoms. The summed E-state index contributed by atoms with van der Waals surface area (Å²) in [6, 6.07) is 13.6. The number of carbonyl (C=O) groups is 1. The van der Waals surface area contributed by atoms with E-state index in [1.165, 1.54) is 0 Å². The van der Waals surface area contributed by atoms with Crippen LogP contribution in [0.15, 0.2) is 42.5 Å². The topological polar surface area (TPSA) is 73.6 Å². The summed E-state index contributed by atoms with van der Waals surface area (Å²) in [6.45, 7) is 4.63. The number of nitrogens with one attached hydrogen (secondary N) is 1. The molecule has 0 aliphatic carbocycles. The van der Waals surface area contributed by atoms with Gasteiger partial charge in [-0.2, -0.15) is 0 Å². The van der Waals surface area contributed by atoms with E-state index in [9.17, 15) is 4.79 Å². The quantitative estimate of drug-likeness (QED) is 0.781. The number of primary amides is 1. The molecule has 3 N–H and O–H groups in total. The molecule has 0 heterocycles. The Bertz CT molecular complexity index is 682. The van der Waals surface area contributed by atoms with Crippen molar-refractivity contribution in [2.75, 3.05) is 12.4 Å². The lowest BCUT2D eigenvalue weighted by Crippen LogP contribution is -2.13. The zero-order chi connectivity index (χ0) is 17.5. The average Bonchev–Trinajstić information content (AvgIpc) is 2.54. The second kappa shape index (κ2) is 8.24. The first-order chi connectivity index (χ1) is 11.5. The van der Waals surface area contributed by atoms with Crippen molar-refractivity contribution in [2.45, 2.75) is 32.9 Å². The number of nitrogens with two attached hydrogens (primary N) is 1. The maximum atomic E-state index is 10.9. The van der Waals surface area contributed by atoms with Crippen molar-refractivity contribution in [3.63, 3.8) is 0 Å². The first kappa shape index (κ1) is 17.7. The highest BCUT2D eigenvalue weighted by molar-refractivity contribution is 5.76. The highest BCUT2D eigenvalue weighted by Crippen LogP contribution is 2.29. The number of anilines is 1. The third-order valence-electron chi connectivity index (χ3n) is 3.42.